The van der Waals surface area contributed by atoms with Crippen molar-refractivity contribution in [3.8, 4) is 0 Å². The third-order valence-corrected chi connectivity index (χ3v) is 2.88. The van der Waals surface area contributed by atoms with E-state index in [0.717, 1.165) is 0 Å². The van der Waals surface area contributed by atoms with Crippen molar-refractivity contribution in [3.63, 3.8) is 0 Å². The summed E-state index contributed by atoms with van der Waals surface area (Å²) in [5.74, 6) is 0. The van der Waals surface area contributed by atoms with E-state index in [1.165, 1.54) is 0 Å². The SMILES string of the molecule is O=c1[nH]ccn1C1(CO)CCOCC1. The van der Waals surface area contributed by atoms with E-state index in [4.69, 9.17) is 4.74 Å². The molecule has 1 aliphatic heterocycles. The molecule has 1 saturated heterocycles. The fraction of sp³-hybridized carbons (Fsp3) is 0.667. The van der Waals surface area contributed by atoms with Crippen molar-refractivity contribution in [1.82, 2.24) is 9.55 Å². The van der Waals surface area contributed by atoms with E-state index in [2.05, 4.69) is 4.98 Å². The Hall–Kier alpha value is -1.07. The van der Waals surface area contributed by atoms with Crippen molar-refractivity contribution < 1.29 is 9.84 Å². The molecule has 0 amide bonds. The number of nitrogens with one attached hydrogen (secondary N) is 1. The van der Waals surface area contributed by atoms with Crippen molar-refractivity contribution in [3.05, 3.63) is 22.9 Å². The Bertz CT molecular complexity index is 349. The van der Waals surface area contributed by atoms with Crippen LogP contribution in [0.1, 0.15) is 12.8 Å². The second-order valence-corrected chi connectivity index (χ2v) is 3.63. The monoisotopic (exact) mass is 198 g/mol. The predicted molar refractivity (Wildman–Crippen MR) is 50.2 cm³/mol. The summed E-state index contributed by atoms with van der Waals surface area (Å²) in [5, 5.41) is 9.41. The molecule has 2 rings (SSSR count). The molecular formula is C9H14N2O3. The van der Waals surface area contributed by atoms with Crippen LogP contribution in [-0.4, -0.2) is 34.5 Å². The van der Waals surface area contributed by atoms with Gasteiger partial charge in [0.1, 0.15) is 0 Å². The van der Waals surface area contributed by atoms with Crippen LogP contribution in [-0.2, 0) is 10.3 Å². The second-order valence-electron chi connectivity index (χ2n) is 3.63. The van der Waals surface area contributed by atoms with Gasteiger partial charge in [0.25, 0.3) is 0 Å². The summed E-state index contributed by atoms with van der Waals surface area (Å²) < 4.78 is 6.81. The summed E-state index contributed by atoms with van der Waals surface area (Å²) in [7, 11) is 0. The van der Waals surface area contributed by atoms with Crippen molar-refractivity contribution in [2.75, 3.05) is 19.8 Å². The molecule has 0 atom stereocenters. The van der Waals surface area contributed by atoms with E-state index < -0.39 is 5.54 Å². The van der Waals surface area contributed by atoms with Gasteiger partial charge >= 0.3 is 5.69 Å². The summed E-state index contributed by atoms with van der Waals surface area (Å²) >= 11 is 0. The molecule has 0 bridgehead atoms. The normalized spacial score (nSPS) is 20.9. The zero-order valence-corrected chi connectivity index (χ0v) is 7.90. The summed E-state index contributed by atoms with van der Waals surface area (Å²) in [4.78, 5) is 14.0. The van der Waals surface area contributed by atoms with Gasteiger partial charge in [0.15, 0.2) is 0 Å². The zero-order valence-electron chi connectivity index (χ0n) is 7.90. The molecule has 0 aromatic carbocycles. The van der Waals surface area contributed by atoms with Crippen LogP contribution in [0.4, 0.5) is 0 Å². The van der Waals surface area contributed by atoms with E-state index in [0.29, 0.717) is 26.1 Å². The number of aromatic amines is 1. The average Bonchev–Trinajstić information content (AvgIpc) is 2.66. The molecule has 1 aromatic rings. The molecule has 2 N–H and O–H groups in total. The molecule has 1 fully saturated rings. The minimum absolute atomic E-state index is 0.0197. The first-order chi connectivity index (χ1) is 6.78. The van der Waals surface area contributed by atoms with Gasteiger partial charge in [-0.3, -0.25) is 4.57 Å². The number of H-pyrrole nitrogens is 1. The molecule has 1 aliphatic rings. The van der Waals surface area contributed by atoms with Crippen molar-refractivity contribution in [2.45, 2.75) is 18.4 Å². The molecule has 78 valence electrons. The minimum atomic E-state index is -0.463. The molecule has 0 radical (unpaired) electrons. The van der Waals surface area contributed by atoms with Crippen molar-refractivity contribution in [1.29, 1.82) is 0 Å². The number of imidazole rings is 1. The van der Waals surface area contributed by atoms with Crippen LogP contribution in [0.25, 0.3) is 0 Å². The van der Waals surface area contributed by atoms with Gasteiger partial charge in [-0.2, -0.15) is 0 Å². The van der Waals surface area contributed by atoms with Gasteiger partial charge in [-0.15, -0.1) is 0 Å². The van der Waals surface area contributed by atoms with E-state index in [1.807, 2.05) is 0 Å². The van der Waals surface area contributed by atoms with Crippen LogP contribution in [0.15, 0.2) is 17.2 Å². The summed E-state index contributed by atoms with van der Waals surface area (Å²) in [6, 6.07) is 0. The third-order valence-electron chi connectivity index (χ3n) is 2.88. The maximum Gasteiger partial charge on any atom is 0.326 e. The quantitative estimate of drug-likeness (QED) is 0.684. The van der Waals surface area contributed by atoms with Gasteiger partial charge in [-0.05, 0) is 12.8 Å². The average molecular weight is 198 g/mol. The molecule has 1 aromatic heterocycles. The molecule has 5 heteroatoms. The first-order valence-electron chi connectivity index (χ1n) is 4.74. The molecule has 2 heterocycles. The summed E-state index contributed by atoms with van der Waals surface area (Å²) in [6.07, 6.45) is 4.64. The summed E-state index contributed by atoms with van der Waals surface area (Å²) in [6.45, 7) is 1.17. The largest absolute Gasteiger partial charge is 0.394 e. The topological polar surface area (TPSA) is 67.2 Å². The second kappa shape index (κ2) is 3.59. The van der Waals surface area contributed by atoms with E-state index in [-0.39, 0.29) is 12.3 Å². The lowest BCUT2D eigenvalue weighted by molar-refractivity contribution is -0.00978. The van der Waals surface area contributed by atoms with Crippen molar-refractivity contribution in [2.24, 2.45) is 0 Å². The van der Waals surface area contributed by atoms with Gasteiger partial charge in [0, 0.05) is 25.6 Å². The molecular weight excluding hydrogens is 184 g/mol. The number of nitrogens with zero attached hydrogens (tertiary/aromatic N) is 1. The van der Waals surface area contributed by atoms with E-state index in [9.17, 15) is 9.90 Å². The van der Waals surface area contributed by atoms with E-state index >= 15 is 0 Å². The maximum absolute atomic E-state index is 11.4. The highest BCUT2D eigenvalue weighted by atomic mass is 16.5. The molecule has 0 unspecified atom stereocenters. The van der Waals surface area contributed by atoms with E-state index in [1.54, 1.807) is 17.0 Å². The smallest absolute Gasteiger partial charge is 0.326 e. The molecule has 0 spiro atoms. The minimum Gasteiger partial charge on any atom is -0.394 e. The third kappa shape index (κ3) is 1.38. The van der Waals surface area contributed by atoms with Gasteiger partial charge in [0.05, 0.1) is 12.1 Å². The van der Waals surface area contributed by atoms with Crippen LogP contribution in [0.2, 0.25) is 0 Å². The van der Waals surface area contributed by atoms with Crippen LogP contribution in [0.5, 0.6) is 0 Å². The van der Waals surface area contributed by atoms with Crippen LogP contribution in [0.3, 0.4) is 0 Å². The Labute approximate surface area is 81.3 Å². The number of ether oxygens (including phenoxy) is 1. The van der Waals surface area contributed by atoms with Gasteiger partial charge < -0.3 is 14.8 Å². The number of aliphatic hydroxyl groups excluding tert-OH is 1. The Kier molecular flexibility index (Phi) is 2.43. The standard InChI is InChI=1S/C9H14N2O3/c12-7-9(1-5-14-6-2-9)11-4-3-10-8(11)13/h3-4,12H,1-2,5-7H2,(H,10,13). The number of hydrogen-bond donors (Lipinski definition) is 2. The van der Waals surface area contributed by atoms with Crippen LogP contribution in [0, 0.1) is 0 Å². The Morgan fingerprint density at radius 2 is 2.29 bits per heavy atom. The van der Waals surface area contributed by atoms with Crippen molar-refractivity contribution >= 4 is 0 Å². The van der Waals surface area contributed by atoms with Crippen LogP contribution < -0.4 is 5.69 Å². The Morgan fingerprint density at radius 1 is 1.57 bits per heavy atom. The highest BCUT2D eigenvalue weighted by Gasteiger charge is 2.34. The molecule has 0 saturated carbocycles. The molecule has 5 nitrogen and oxygen atoms in total. The fourth-order valence-electron chi connectivity index (χ4n) is 1.92. The number of hydrogen-bond acceptors (Lipinski definition) is 3. The lowest BCUT2D eigenvalue weighted by Gasteiger charge is -2.35. The number of aliphatic hydroxyl groups is 1. The maximum atomic E-state index is 11.4. The highest BCUT2D eigenvalue weighted by molar-refractivity contribution is 4.93. The van der Waals surface area contributed by atoms with Gasteiger partial charge in [-0.25, -0.2) is 4.79 Å². The highest BCUT2D eigenvalue weighted by Crippen LogP contribution is 2.26. The Morgan fingerprint density at radius 3 is 2.79 bits per heavy atom. The predicted octanol–water partition coefficient (Wildman–Crippen LogP) is -0.326. The summed E-state index contributed by atoms with van der Waals surface area (Å²) in [5.41, 5.74) is -0.629. The lowest BCUT2D eigenvalue weighted by atomic mass is 9.91. The fourth-order valence-corrected chi connectivity index (χ4v) is 1.92. The van der Waals surface area contributed by atoms with Gasteiger partial charge in [-0.1, -0.05) is 0 Å². The lowest BCUT2D eigenvalue weighted by Crippen LogP contribution is -2.46. The first-order valence-corrected chi connectivity index (χ1v) is 4.74. The Balaban J connectivity index is 2.36. The number of rotatable bonds is 2. The zero-order chi connectivity index (χ0) is 10.0. The number of aromatic nitrogens is 2. The molecule has 14 heavy (non-hydrogen) atoms. The molecule has 0 aliphatic carbocycles. The van der Waals surface area contributed by atoms with Gasteiger partial charge in [0.2, 0.25) is 0 Å². The first kappa shape index (κ1) is 9.48. The van der Waals surface area contributed by atoms with Crippen LogP contribution >= 0.6 is 0 Å².